The molecular formula is C12H14NO4P. The summed E-state index contributed by atoms with van der Waals surface area (Å²) in [4.78, 5) is 19.5. The lowest BCUT2D eigenvalue weighted by molar-refractivity contribution is 0.283. The normalized spacial score (nSPS) is 11.6. The molecule has 2 aromatic rings. The second kappa shape index (κ2) is 4.61. The van der Waals surface area contributed by atoms with Gasteiger partial charge in [0.05, 0.1) is 0 Å². The minimum absolute atomic E-state index is 0.159. The van der Waals surface area contributed by atoms with Crippen LogP contribution in [0.3, 0.4) is 0 Å². The third-order valence-electron chi connectivity index (χ3n) is 2.53. The van der Waals surface area contributed by atoms with E-state index in [1.54, 1.807) is 18.2 Å². The summed E-state index contributed by atoms with van der Waals surface area (Å²) in [6.45, 7) is 0. The second-order valence-electron chi connectivity index (χ2n) is 4.14. The van der Waals surface area contributed by atoms with Gasteiger partial charge >= 0.3 is 7.82 Å². The first kappa shape index (κ1) is 12.9. The van der Waals surface area contributed by atoms with Gasteiger partial charge in [0.2, 0.25) is 0 Å². The number of rotatable bonds is 3. The number of hydrogen-bond donors (Lipinski definition) is 2. The number of benzene rings is 2. The van der Waals surface area contributed by atoms with Crippen molar-refractivity contribution in [1.29, 1.82) is 0 Å². The van der Waals surface area contributed by atoms with Crippen molar-refractivity contribution < 1.29 is 18.9 Å². The van der Waals surface area contributed by atoms with E-state index in [9.17, 15) is 4.57 Å². The van der Waals surface area contributed by atoms with Crippen LogP contribution < -0.4 is 9.42 Å². The largest absolute Gasteiger partial charge is 0.524 e. The second-order valence-corrected chi connectivity index (χ2v) is 5.30. The quantitative estimate of drug-likeness (QED) is 0.835. The van der Waals surface area contributed by atoms with Gasteiger partial charge in [-0.2, -0.15) is 0 Å². The maximum atomic E-state index is 10.8. The van der Waals surface area contributed by atoms with E-state index in [1.807, 2.05) is 37.2 Å². The van der Waals surface area contributed by atoms with Crippen LogP contribution in [0.4, 0.5) is 5.69 Å². The smallest absolute Gasteiger partial charge is 0.404 e. The maximum absolute atomic E-state index is 10.8. The summed E-state index contributed by atoms with van der Waals surface area (Å²) in [6.07, 6.45) is 0. The summed E-state index contributed by atoms with van der Waals surface area (Å²) in [7, 11) is -0.628. The van der Waals surface area contributed by atoms with Crippen LogP contribution in [0.2, 0.25) is 0 Å². The van der Waals surface area contributed by atoms with Gasteiger partial charge in [-0.3, -0.25) is 9.79 Å². The first-order valence-corrected chi connectivity index (χ1v) is 6.85. The van der Waals surface area contributed by atoms with Crippen LogP contribution in [0.15, 0.2) is 36.4 Å². The van der Waals surface area contributed by atoms with Gasteiger partial charge in [-0.1, -0.05) is 12.1 Å². The number of anilines is 1. The Morgan fingerprint density at radius 2 is 1.89 bits per heavy atom. The van der Waals surface area contributed by atoms with Crippen molar-refractivity contribution in [3.8, 4) is 5.75 Å². The van der Waals surface area contributed by atoms with E-state index in [-0.39, 0.29) is 5.75 Å². The van der Waals surface area contributed by atoms with E-state index in [0.717, 1.165) is 16.5 Å². The van der Waals surface area contributed by atoms with Crippen LogP contribution in [0.5, 0.6) is 5.75 Å². The van der Waals surface area contributed by atoms with Gasteiger partial charge in [0.15, 0.2) is 0 Å². The van der Waals surface area contributed by atoms with Crippen LogP contribution in [0, 0.1) is 0 Å². The van der Waals surface area contributed by atoms with Gasteiger partial charge in [0.25, 0.3) is 0 Å². The summed E-state index contributed by atoms with van der Waals surface area (Å²) in [5.41, 5.74) is 1.04. The molecule has 0 aliphatic rings. The zero-order valence-corrected chi connectivity index (χ0v) is 11.0. The fourth-order valence-electron chi connectivity index (χ4n) is 1.83. The summed E-state index contributed by atoms with van der Waals surface area (Å²) >= 11 is 0. The summed E-state index contributed by atoms with van der Waals surface area (Å²) in [6, 6.07) is 10.7. The molecule has 0 bridgehead atoms. The third kappa shape index (κ3) is 2.82. The molecule has 0 atom stereocenters. The van der Waals surface area contributed by atoms with E-state index in [4.69, 9.17) is 9.79 Å². The first-order valence-electron chi connectivity index (χ1n) is 5.32. The van der Waals surface area contributed by atoms with Crippen LogP contribution in [0.1, 0.15) is 0 Å². The van der Waals surface area contributed by atoms with Crippen molar-refractivity contribution >= 4 is 24.3 Å². The third-order valence-corrected chi connectivity index (χ3v) is 2.98. The number of phosphoric acid groups is 1. The minimum Gasteiger partial charge on any atom is -0.404 e. The SMILES string of the molecule is CN(C)c1cccc2cc(OP(=O)(O)O)ccc12. The Bertz CT molecular complexity index is 621. The molecule has 0 saturated heterocycles. The van der Waals surface area contributed by atoms with Crippen molar-refractivity contribution in [2.75, 3.05) is 19.0 Å². The summed E-state index contributed by atoms with van der Waals surface area (Å²) in [5, 5.41) is 1.87. The number of fused-ring (bicyclic) bond motifs is 1. The van der Waals surface area contributed by atoms with Crippen LogP contribution in [0.25, 0.3) is 10.8 Å². The van der Waals surface area contributed by atoms with Gasteiger partial charge in [0.1, 0.15) is 5.75 Å². The molecule has 2 rings (SSSR count). The van der Waals surface area contributed by atoms with Gasteiger partial charge in [-0.05, 0) is 29.7 Å². The molecule has 0 saturated carbocycles. The zero-order valence-electron chi connectivity index (χ0n) is 10.1. The standard InChI is InChI=1S/C12H14NO4P/c1-13(2)12-5-3-4-9-8-10(6-7-11(9)12)17-18(14,15)16/h3-8H,1-2H3,(H2,14,15,16). The lowest BCUT2D eigenvalue weighted by Crippen LogP contribution is -2.08. The van der Waals surface area contributed by atoms with E-state index in [2.05, 4.69) is 4.52 Å². The molecule has 6 heteroatoms. The van der Waals surface area contributed by atoms with Crippen molar-refractivity contribution in [2.45, 2.75) is 0 Å². The minimum atomic E-state index is -4.51. The van der Waals surface area contributed by atoms with Gasteiger partial charge < -0.3 is 9.42 Å². The highest BCUT2D eigenvalue weighted by Gasteiger charge is 2.16. The Hall–Kier alpha value is -1.55. The molecule has 2 aromatic carbocycles. The molecule has 0 aromatic heterocycles. The number of hydrogen-bond acceptors (Lipinski definition) is 3. The monoisotopic (exact) mass is 267 g/mol. The van der Waals surface area contributed by atoms with Crippen LogP contribution in [-0.2, 0) is 4.57 Å². The van der Waals surface area contributed by atoms with E-state index < -0.39 is 7.82 Å². The Morgan fingerprint density at radius 3 is 2.50 bits per heavy atom. The molecule has 0 amide bonds. The highest BCUT2D eigenvalue weighted by Crippen LogP contribution is 2.39. The van der Waals surface area contributed by atoms with E-state index in [0.29, 0.717) is 0 Å². The van der Waals surface area contributed by atoms with Crippen molar-refractivity contribution in [3.05, 3.63) is 36.4 Å². The first-order chi connectivity index (χ1) is 8.37. The Labute approximate surface area is 105 Å². The van der Waals surface area contributed by atoms with Crippen molar-refractivity contribution in [2.24, 2.45) is 0 Å². The lowest BCUT2D eigenvalue weighted by atomic mass is 10.1. The fourth-order valence-corrected chi connectivity index (χ4v) is 2.22. The Morgan fingerprint density at radius 1 is 1.17 bits per heavy atom. The molecule has 0 fully saturated rings. The molecule has 0 unspecified atom stereocenters. The van der Waals surface area contributed by atoms with Gasteiger partial charge in [-0.25, -0.2) is 4.57 Å². The molecule has 2 N–H and O–H groups in total. The van der Waals surface area contributed by atoms with Crippen LogP contribution in [-0.4, -0.2) is 23.9 Å². The summed E-state index contributed by atoms with van der Waals surface area (Å²) in [5.74, 6) is 0.159. The Balaban J connectivity index is 2.50. The van der Waals surface area contributed by atoms with E-state index in [1.165, 1.54) is 0 Å². The van der Waals surface area contributed by atoms with Gasteiger partial charge in [-0.15, -0.1) is 0 Å². The van der Waals surface area contributed by atoms with E-state index >= 15 is 0 Å². The average molecular weight is 267 g/mol. The summed E-state index contributed by atoms with van der Waals surface area (Å²) < 4.78 is 15.3. The highest BCUT2D eigenvalue weighted by molar-refractivity contribution is 7.46. The molecule has 0 radical (unpaired) electrons. The molecule has 0 spiro atoms. The van der Waals surface area contributed by atoms with Crippen molar-refractivity contribution in [3.63, 3.8) is 0 Å². The molecule has 0 heterocycles. The fraction of sp³-hybridized carbons (Fsp3) is 0.167. The molecule has 96 valence electrons. The molecular weight excluding hydrogens is 253 g/mol. The number of nitrogens with zero attached hydrogens (tertiary/aromatic N) is 1. The topological polar surface area (TPSA) is 70.0 Å². The average Bonchev–Trinajstić information content (AvgIpc) is 2.25. The van der Waals surface area contributed by atoms with Gasteiger partial charge in [0, 0.05) is 25.2 Å². The zero-order chi connectivity index (χ0) is 13.3. The maximum Gasteiger partial charge on any atom is 0.524 e. The predicted octanol–water partition coefficient (Wildman–Crippen LogP) is 2.38. The molecule has 18 heavy (non-hydrogen) atoms. The van der Waals surface area contributed by atoms with Crippen molar-refractivity contribution in [1.82, 2.24) is 0 Å². The Kier molecular flexibility index (Phi) is 3.30. The molecule has 5 nitrogen and oxygen atoms in total. The lowest BCUT2D eigenvalue weighted by Gasteiger charge is -2.16. The highest BCUT2D eigenvalue weighted by atomic mass is 31.2. The number of phosphoric ester groups is 1. The van der Waals surface area contributed by atoms with Crippen LogP contribution >= 0.6 is 7.82 Å². The predicted molar refractivity (Wildman–Crippen MR) is 70.9 cm³/mol. The molecule has 0 aliphatic heterocycles. The molecule has 0 aliphatic carbocycles.